The first-order valence-electron chi connectivity index (χ1n) is 4.70. The molecule has 0 spiro atoms. The van der Waals surface area contributed by atoms with Crippen molar-refractivity contribution < 1.29 is 19.3 Å². The number of aliphatic hydroxyl groups is 1. The summed E-state index contributed by atoms with van der Waals surface area (Å²) in [5.41, 5.74) is 7.85. The number of aliphatic hydroxyl groups excluding tert-OH is 1. The minimum absolute atomic E-state index is 0.0463. The van der Waals surface area contributed by atoms with Gasteiger partial charge in [0.15, 0.2) is 6.29 Å². The molecule has 88 valence electrons. The molecule has 7 nitrogen and oxygen atoms in total. The lowest BCUT2D eigenvalue weighted by Gasteiger charge is -2.02. The van der Waals surface area contributed by atoms with Crippen LogP contribution in [0.25, 0.3) is 10.4 Å². The Bertz CT molecular complexity index is 190. The fourth-order valence-corrected chi connectivity index (χ4v) is 0.806. The molecule has 15 heavy (non-hydrogen) atoms. The van der Waals surface area contributed by atoms with Crippen molar-refractivity contribution in [2.75, 3.05) is 26.4 Å². The number of hydrogen-bond donors (Lipinski definition) is 1. The summed E-state index contributed by atoms with van der Waals surface area (Å²) in [6.45, 7) is 5.19. The molecule has 0 amide bonds. The van der Waals surface area contributed by atoms with Crippen molar-refractivity contribution in [3.05, 3.63) is 10.4 Å². The molecule has 0 aliphatic carbocycles. The molecular formula is C8H17N3O4. The lowest BCUT2D eigenvalue weighted by atomic mass is 10.7. The Kier molecular flexibility index (Phi) is 9.15. The molecule has 1 fully saturated rings. The standard InChI is InChI=1S/C4H9N3O2.C4H8O2/c1-4(6-7-5)9-3-2-8;1-4-5-2-3-6-4/h4,8H,2-3H2,1H3;4H,2-3H2,1H3. The van der Waals surface area contributed by atoms with Gasteiger partial charge < -0.3 is 19.3 Å². The second-order valence-corrected chi connectivity index (χ2v) is 2.71. The summed E-state index contributed by atoms with van der Waals surface area (Å²) in [7, 11) is 0. The van der Waals surface area contributed by atoms with Gasteiger partial charge in [0.1, 0.15) is 6.23 Å². The monoisotopic (exact) mass is 219 g/mol. The third-order valence-electron chi connectivity index (χ3n) is 1.45. The van der Waals surface area contributed by atoms with Crippen LogP contribution >= 0.6 is 0 Å². The van der Waals surface area contributed by atoms with Gasteiger partial charge >= 0.3 is 0 Å². The summed E-state index contributed by atoms with van der Waals surface area (Å²) in [6, 6.07) is 0. The Morgan fingerprint density at radius 3 is 2.53 bits per heavy atom. The van der Waals surface area contributed by atoms with E-state index < -0.39 is 6.23 Å². The highest BCUT2D eigenvalue weighted by molar-refractivity contribution is 4.46. The first-order chi connectivity index (χ1) is 7.20. The molecule has 0 saturated carbocycles. The molecule has 1 rings (SSSR count). The smallest absolute Gasteiger partial charge is 0.155 e. The predicted molar refractivity (Wildman–Crippen MR) is 53.0 cm³/mol. The van der Waals surface area contributed by atoms with Crippen LogP contribution in [0.4, 0.5) is 0 Å². The molecule has 1 aliphatic rings. The van der Waals surface area contributed by atoms with Crippen molar-refractivity contribution in [1.82, 2.24) is 0 Å². The third-order valence-corrected chi connectivity index (χ3v) is 1.45. The van der Waals surface area contributed by atoms with Gasteiger partial charge in [-0.2, -0.15) is 0 Å². The molecule has 1 aliphatic heterocycles. The lowest BCUT2D eigenvalue weighted by molar-refractivity contribution is -0.0254. The Labute approximate surface area is 88.6 Å². The number of hydrogen-bond acceptors (Lipinski definition) is 5. The summed E-state index contributed by atoms with van der Waals surface area (Å²) in [6.07, 6.45) is -0.438. The molecule has 1 heterocycles. The molecule has 1 atom stereocenters. The molecule has 1 saturated heterocycles. The molecular weight excluding hydrogens is 202 g/mol. The number of ether oxygens (including phenoxy) is 3. The highest BCUT2D eigenvalue weighted by Gasteiger charge is 2.07. The van der Waals surface area contributed by atoms with E-state index in [1.54, 1.807) is 6.92 Å². The molecule has 0 aromatic rings. The van der Waals surface area contributed by atoms with E-state index in [-0.39, 0.29) is 19.5 Å². The van der Waals surface area contributed by atoms with Crippen molar-refractivity contribution in [2.45, 2.75) is 26.4 Å². The molecule has 0 bridgehead atoms. The van der Waals surface area contributed by atoms with Crippen LogP contribution in [-0.2, 0) is 14.2 Å². The molecule has 7 heteroatoms. The van der Waals surface area contributed by atoms with Crippen LogP contribution in [0.2, 0.25) is 0 Å². The first-order valence-corrected chi connectivity index (χ1v) is 4.70. The number of azide groups is 1. The van der Waals surface area contributed by atoms with Crippen LogP contribution in [0.5, 0.6) is 0 Å². The van der Waals surface area contributed by atoms with Gasteiger partial charge in [0.25, 0.3) is 0 Å². The highest BCUT2D eigenvalue weighted by Crippen LogP contribution is 1.99. The van der Waals surface area contributed by atoms with Crippen molar-refractivity contribution in [3.8, 4) is 0 Å². The second kappa shape index (κ2) is 9.70. The Balaban J connectivity index is 0.000000280. The zero-order valence-electron chi connectivity index (χ0n) is 9.00. The van der Waals surface area contributed by atoms with Crippen LogP contribution in [0.3, 0.4) is 0 Å². The summed E-state index contributed by atoms with van der Waals surface area (Å²) in [5, 5.41) is 11.4. The highest BCUT2D eigenvalue weighted by atomic mass is 16.7. The minimum Gasteiger partial charge on any atom is -0.394 e. The average Bonchev–Trinajstić information content (AvgIpc) is 2.67. The normalized spacial score (nSPS) is 17.5. The van der Waals surface area contributed by atoms with E-state index in [1.165, 1.54) is 0 Å². The van der Waals surface area contributed by atoms with Crippen LogP contribution in [0.15, 0.2) is 5.11 Å². The van der Waals surface area contributed by atoms with Crippen LogP contribution in [-0.4, -0.2) is 44.1 Å². The predicted octanol–water partition coefficient (Wildman–Crippen LogP) is 1.03. The SMILES string of the molecule is CC(N=[N+]=[N-])OCCO.CC1OCCO1. The van der Waals surface area contributed by atoms with E-state index in [0.29, 0.717) is 0 Å². The van der Waals surface area contributed by atoms with Gasteiger partial charge in [-0.15, -0.1) is 0 Å². The van der Waals surface area contributed by atoms with Crippen molar-refractivity contribution in [2.24, 2.45) is 5.11 Å². The molecule has 0 radical (unpaired) electrons. The topological polar surface area (TPSA) is 96.7 Å². The summed E-state index contributed by atoms with van der Waals surface area (Å²) in [4.78, 5) is 2.51. The maximum absolute atomic E-state index is 8.22. The van der Waals surface area contributed by atoms with Gasteiger partial charge in [-0.05, 0) is 19.4 Å². The van der Waals surface area contributed by atoms with Crippen LogP contribution < -0.4 is 0 Å². The summed E-state index contributed by atoms with van der Waals surface area (Å²) >= 11 is 0. The van der Waals surface area contributed by atoms with Crippen molar-refractivity contribution in [3.63, 3.8) is 0 Å². The lowest BCUT2D eigenvalue weighted by Crippen LogP contribution is -2.07. The Morgan fingerprint density at radius 1 is 1.60 bits per heavy atom. The van der Waals surface area contributed by atoms with E-state index in [4.69, 9.17) is 24.8 Å². The maximum atomic E-state index is 8.22. The van der Waals surface area contributed by atoms with E-state index in [0.717, 1.165) is 13.2 Å². The molecule has 0 aromatic heterocycles. The summed E-state index contributed by atoms with van der Waals surface area (Å²) < 4.78 is 14.6. The van der Waals surface area contributed by atoms with Gasteiger partial charge in [-0.25, -0.2) is 0 Å². The van der Waals surface area contributed by atoms with E-state index in [9.17, 15) is 0 Å². The number of rotatable bonds is 4. The Morgan fingerprint density at radius 2 is 2.20 bits per heavy atom. The van der Waals surface area contributed by atoms with Gasteiger partial charge in [0, 0.05) is 4.91 Å². The zero-order valence-corrected chi connectivity index (χ0v) is 9.00. The first kappa shape index (κ1) is 14.2. The zero-order chi connectivity index (χ0) is 11.5. The fraction of sp³-hybridized carbons (Fsp3) is 1.00. The number of nitrogens with zero attached hydrogens (tertiary/aromatic N) is 3. The average molecular weight is 219 g/mol. The molecule has 0 aromatic carbocycles. The van der Waals surface area contributed by atoms with Gasteiger partial charge in [0.2, 0.25) is 0 Å². The summed E-state index contributed by atoms with van der Waals surface area (Å²) in [5.74, 6) is 0. The van der Waals surface area contributed by atoms with Gasteiger partial charge in [-0.1, -0.05) is 5.11 Å². The van der Waals surface area contributed by atoms with Crippen LogP contribution in [0.1, 0.15) is 13.8 Å². The molecule has 1 unspecified atom stereocenters. The fourth-order valence-electron chi connectivity index (χ4n) is 0.806. The minimum atomic E-state index is -0.484. The van der Waals surface area contributed by atoms with E-state index in [1.807, 2.05) is 6.92 Å². The third kappa shape index (κ3) is 9.45. The quantitative estimate of drug-likeness (QED) is 0.434. The van der Waals surface area contributed by atoms with Crippen molar-refractivity contribution >= 4 is 0 Å². The van der Waals surface area contributed by atoms with E-state index in [2.05, 4.69) is 10.0 Å². The van der Waals surface area contributed by atoms with Gasteiger partial charge in [-0.3, -0.25) is 0 Å². The van der Waals surface area contributed by atoms with E-state index >= 15 is 0 Å². The van der Waals surface area contributed by atoms with Gasteiger partial charge in [0.05, 0.1) is 26.4 Å². The Hall–Kier alpha value is -0.850. The largest absolute Gasteiger partial charge is 0.394 e. The van der Waals surface area contributed by atoms with Crippen molar-refractivity contribution in [1.29, 1.82) is 0 Å². The maximum Gasteiger partial charge on any atom is 0.155 e. The molecule has 1 N–H and O–H groups in total. The van der Waals surface area contributed by atoms with Crippen LogP contribution in [0, 0.1) is 0 Å². The second-order valence-electron chi connectivity index (χ2n) is 2.71.